The van der Waals surface area contributed by atoms with Gasteiger partial charge in [-0.25, -0.2) is 0 Å². The molecule has 1 atom stereocenters. The Morgan fingerprint density at radius 1 is 1.25 bits per heavy atom. The van der Waals surface area contributed by atoms with Crippen molar-refractivity contribution in [2.24, 2.45) is 0 Å². The Hall–Kier alpha value is -1.95. The minimum atomic E-state index is -0.0740. The third-order valence-corrected chi connectivity index (χ3v) is 4.40. The van der Waals surface area contributed by atoms with E-state index in [4.69, 9.17) is 4.74 Å². The minimum absolute atomic E-state index is 0.0740. The van der Waals surface area contributed by atoms with Crippen molar-refractivity contribution in [1.29, 1.82) is 0 Å². The van der Waals surface area contributed by atoms with Crippen molar-refractivity contribution in [2.45, 2.75) is 59.1 Å². The normalized spacial score (nSPS) is 12.2. The number of nitrogens with one attached hydrogen (secondary N) is 1. The Kier molecular flexibility index (Phi) is 6.73. The molecular weight excluding hydrogens is 322 g/mol. The molecule has 1 aromatic carbocycles. The van der Waals surface area contributed by atoms with Gasteiger partial charge in [0.25, 0.3) is 5.91 Å². The first kappa shape index (κ1) is 18.4. The van der Waals surface area contributed by atoms with Crippen LogP contribution in [0.1, 0.15) is 55.0 Å². The molecule has 1 aromatic heterocycles. The number of aryl methyl sites for hydroxylation is 2. The van der Waals surface area contributed by atoms with Crippen LogP contribution in [0.4, 0.5) is 0 Å². The zero-order valence-electron chi connectivity index (χ0n) is 14.7. The quantitative estimate of drug-likeness (QED) is 0.792. The van der Waals surface area contributed by atoms with Gasteiger partial charge in [0, 0.05) is 6.04 Å². The van der Waals surface area contributed by atoms with Gasteiger partial charge in [0.15, 0.2) is 0 Å². The van der Waals surface area contributed by atoms with Crippen LogP contribution in [0.2, 0.25) is 0 Å². The molecular formula is C18H25N3O2S. The summed E-state index contributed by atoms with van der Waals surface area (Å²) in [5, 5.41) is 7.01. The lowest BCUT2D eigenvalue weighted by Crippen LogP contribution is -2.32. The summed E-state index contributed by atoms with van der Waals surface area (Å²) in [4.78, 5) is 12.9. The molecule has 1 unspecified atom stereocenters. The van der Waals surface area contributed by atoms with E-state index in [1.807, 2.05) is 39.8 Å². The molecule has 1 N–H and O–H groups in total. The molecule has 1 heterocycles. The molecule has 0 radical (unpaired) electrons. The molecule has 2 aromatic rings. The molecule has 130 valence electrons. The summed E-state index contributed by atoms with van der Waals surface area (Å²) >= 11 is 1.16. The second kappa shape index (κ2) is 8.78. The highest BCUT2D eigenvalue weighted by Gasteiger charge is 2.16. The third-order valence-electron chi connectivity index (χ3n) is 3.64. The average Bonchev–Trinajstić information content (AvgIpc) is 3.02. The summed E-state index contributed by atoms with van der Waals surface area (Å²) in [5.74, 6) is 0.815. The van der Waals surface area contributed by atoms with E-state index in [1.165, 1.54) is 5.56 Å². The predicted octanol–water partition coefficient (Wildman–Crippen LogP) is 3.64. The lowest BCUT2D eigenvalue weighted by Gasteiger charge is -2.14. The molecule has 0 saturated carbocycles. The van der Waals surface area contributed by atoms with Crippen molar-refractivity contribution in [3.05, 3.63) is 40.4 Å². The van der Waals surface area contributed by atoms with Gasteiger partial charge < -0.3 is 10.1 Å². The first-order valence-corrected chi connectivity index (χ1v) is 9.14. The van der Waals surface area contributed by atoms with Gasteiger partial charge in [-0.05, 0) is 69.3 Å². The monoisotopic (exact) mass is 347 g/mol. The van der Waals surface area contributed by atoms with Crippen LogP contribution in [0.25, 0.3) is 0 Å². The Balaban J connectivity index is 1.82. The molecule has 5 nitrogen and oxygen atoms in total. The van der Waals surface area contributed by atoms with E-state index in [9.17, 15) is 4.79 Å². The summed E-state index contributed by atoms with van der Waals surface area (Å²) in [6.07, 6.45) is 2.69. The number of hydrogen-bond donors (Lipinski definition) is 1. The summed E-state index contributed by atoms with van der Waals surface area (Å²) in [6, 6.07) is 8.24. The molecule has 0 aliphatic carbocycles. The fourth-order valence-corrected chi connectivity index (χ4v) is 3.02. The smallest absolute Gasteiger partial charge is 0.265 e. The van der Waals surface area contributed by atoms with Crippen LogP contribution in [0.15, 0.2) is 24.3 Å². The van der Waals surface area contributed by atoms with Gasteiger partial charge in [0.1, 0.15) is 10.6 Å². The highest BCUT2D eigenvalue weighted by atomic mass is 32.1. The van der Waals surface area contributed by atoms with Crippen LogP contribution < -0.4 is 10.1 Å². The van der Waals surface area contributed by atoms with Crippen molar-refractivity contribution in [1.82, 2.24) is 14.9 Å². The van der Waals surface area contributed by atoms with Crippen LogP contribution in [-0.2, 0) is 12.8 Å². The number of benzene rings is 1. The molecule has 1 amide bonds. The van der Waals surface area contributed by atoms with E-state index in [0.29, 0.717) is 4.88 Å². The molecule has 0 fully saturated rings. The highest BCUT2D eigenvalue weighted by Crippen LogP contribution is 2.16. The van der Waals surface area contributed by atoms with Crippen molar-refractivity contribution in [3.8, 4) is 5.75 Å². The number of rotatable bonds is 8. The Bertz CT molecular complexity index is 653. The summed E-state index contributed by atoms with van der Waals surface area (Å²) in [7, 11) is 0. The molecule has 24 heavy (non-hydrogen) atoms. The van der Waals surface area contributed by atoms with Gasteiger partial charge in [0.2, 0.25) is 0 Å². The van der Waals surface area contributed by atoms with E-state index >= 15 is 0 Å². The van der Waals surface area contributed by atoms with E-state index in [0.717, 1.165) is 42.2 Å². The van der Waals surface area contributed by atoms with Crippen molar-refractivity contribution < 1.29 is 9.53 Å². The van der Waals surface area contributed by atoms with E-state index in [-0.39, 0.29) is 18.1 Å². The number of hydrogen-bond acceptors (Lipinski definition) is 5. The van der Waals surface area contributed by atoms with E-state index < -0.39 is 0 Å². The fourth-order valence-electron chi connectivity index (χ4n) is 2.36. The van der Waals surface area contributed by atoms with Crippen LogP contribution in [0.3, 0.4) is 0 Å². The van der Waals surface area contributed by atoms with Crippen LogP contribution >= 0.6 is 11.5 Å². The first-order valence-electron chi connectivity index (χ1n) is 8.37. The van der Waals surface area contributed by atoms with Crippen LogP contribution in [-0.4, -0.2) is 27.6 Å². The molecule has 6 heteroatoms. The summed E-state index contributed by atoms with van der Waals surface area (Å²) in [5.41, 5.74) is 2.01. The standard InChI is InChI=1S/C18H25N3O2S/c1-5-16-17(24-21-20-16)18(22)19-13(4)6-7-14-8-10-15(11-9-14)23-12(2)3/h8-13H,5-7H2,1-4H3,(H,19,22). The maximum Gasteiger partial charge on any atom is 0.265 e. The summed E-state index contributed by atoms with van der Waals surface area (Å²) < 4.78 is 9.51. The van der Waals surface area contributed by atoms with Gasteiger partial charge in [-0.1, -0.05) is 23.5 Å². The Morgan fingerprint density at radius 3 is 2.58 bits per heavy atom. The van der Waals surface area contributed by atoms with E-state index in [2.05, 4.69) is 27.0 Å². The summed E-state index contributed by atoms with van der Waals surface area (Å²) in [6.45, 7) is 8.03. The zero-order chi connectivity index (χ0) is 17.5. The molecule has 0 aliphatic heterocycles. The maximum atomic E-state index is 12.3. The minimum Gasteiger partial charge on any atom is -0.491 e. The number of nitrogens with zero attached hydrogens (tertiary/aromatic N) is 2. The van der Waals surface area contributed by atoms with Gasteiger partial charge >= 0.3 is 0 Å². The van der Waals surface area contributed by atoms with Gasteiger partial charge in [-0.2, -0.15) is 0 Å². The Labute approximate surface area is 147 Å². The van der Waals surface area contributed by atoms with E-state index in [1.54, 1.807) is 0 Å². The first-order chi connectivity index (χ1) is 11.5. The largest absolute Gasteiger partial charge is 0.491 e. The van der Waals surface area contributed by atoms with Crippen LogP contribution in [0.5, 0.6) is 5.75 Å². The van der Waals surface area contributed by atoms with Gasteiger partial charge in [0.05, 0.1) is 11.8 Å². The molecule has 0 spiro atoms. The van der Waals surface area contributed by atoms with Crippen molar-refractivity contribution in [3.63, 3.8) is 0 Å². The maximum absolute atomic E-state index is 12.3. The predicted molar refractivity (Wildman–Crippen MR) is 96.7 cm³/mol. The number of ether oxygens (including phenoxy) is 1. The lowest BCUT2D eigenvalue weighted by molar-refractivity contribution is 0.0941. The Morgan fingerprint density at radius 2 is 1.96 bits per heavy atom. The second-order valence-corrected chi connectivity index (χ2v) is 6.88. The molecule has 2 rings (SSSR count). The molecule has 0 bridgehead atoms. The number of carbonyl (C=O) groups is 1. The third kappa shape index (κ3) is 5.30. The van der Waals surface area contributed by atoms with Crippen LogP contribution in [0, 0.1) is 0 Å². The second-order valence-electron chi connectivity index (χ2n) is 6.13. The lowest BCUT2D eigenvalue weighted by atomic mass is 10.1. The highest BCUT2D eigenvalue weighted by molar-refractivity contribution is 7.08. The average molecular weight is 347 g/mol. The number of amides is 1. The molecule has 0 saturated heterocycles. The number of aromatic nitrogens is 2. The number of carbonyl (C=O) groups excluding carboxylic acids is 1. The van der Waals surface area contributed by atoms with Gasteiger partial charge in [-0.15, -0.1) is 5.10 Å². The zero-order valence-corrected chi connectivity index (χ0v) is 15.5. The fraction of sp³-hybridized carbons (Fsp3) is 0.500. The molecule has 0 aliphatic rings. The van der Waals surface area contributed by atoms with Crippen molar-refractivity contribution >= 4 is 17.4 Å². The van der Waals surface area contributed by atoms with Gasteiger partial charge in [-0.3, -0.25) is 4.79 Å². The topological polar surface area (TPSA) is 64.1 Å². The SMILES string of the molecule is CCc1nnsc1C(=O)NC(C)CCc1ccc(OC(C)C)cc1. The van der Waals surface area contributed by atoms with Crippen molar-refractivity contribution in [2.75, 3.05) is 0 Å².